The van der Waals surface area contributed by atoms with Crippen LogP contribution in [0.25, 0.3) is 16.6 Å². The number of carbonyl (C=O) groups is 1. The summed E-state index contributed by atoms with van der Waals surface area (Å²) in [5, 5.41) is 1.05. The van der Waals surface area contributed by atoms with Crippen molar-refractivity contribution < 1.29 is 4.79 Å². The molecule has 0 fully saturated rings. The number of hydrogen-bond donors (Lipinski definition) is 0. The number of pyridine rings is 1. The van der Waals surface area contributed by atoms with Crippen LogP contribution < -0.4 is 0 Å². The van der Waals surface area contributed by atoms with Crippen LogP contribution in [0.3, 0.4) is 0 Å². The average molecular weight is 298 g/mol. The van der Waals surface area contributed by atoms with E-state index in [-0.39, 0.29) is 5.78 Å². The van der Waals surface area contributed by atoms with Gasteiger partial charge in [0, 0.05) is 29.0 Å². The Kier molecular flexibility index (Phi) is 3.24. The summed E-state index contributed by atoms with van der Waals surface area (Å²) in [6, 6.07) is 23.4. The number of nitrogens with zero attached hydrogens (tertiary/aromatic N) is 2. The van der Waals surface area contributed by atoms with Crippen molar-refractivity contribution in [1.29, 1.82) is 0 Å². The smallest absolute Gasteiger partial charge is 0.209 e. The van der Waals surface area contributed by atoms with E-state index in [9.17, 15) is 4.79 Å². The molecule has 23 heavy (non-hydrogen) atoms. The van der Waals surface area contributed by atoms with Gasteiger partial charge in [-0.1, -0.05) is 36.4 Å². The predicted octanol–water partition coefficient (Wildman–Crippen LogP) is 4.26. The molecule has 0 spiro atoms. The molecule has 0 aliphatic carbocycles. The van der Waals surface area contributed by atoms with E-state index in [4.69, 9.17) is 0 Å². The SMILES string of the molecule is O=C(c1ccncc1)c1cc2ccccc2n1-c1ccccc1. The summed E-state index contributed by atoms with van der Waals surface area (Å²) in [7, 11) is 0. The summed E-state index contributed by atoms with van der Waals surface area (Å²) in [6.07, 6.45) is 3.28. The lowest BCUT2D eigenvalue weighted by molar-refractivity contribution is 0.103. The summed E-state index contributed by atoms with van der Waals surface area (Å²) < 4.78 is 2.01. The van der Waals surface area contributed by atoms with Gasteiger partial charge >= 0.3 is 0 Å². The number of para-hydroxylation sites is 2. The second-order valence-corrected chi connectivity index (χ2v) is 5.32. The fraction of sp³-hybridized carbons (Fsp3) is 0. The fourth-order valence-electron chi connectivity index (χ4n) is 2.83. The van der Waals surface area contributed by atoms with Crippen molar-refractivity contribution >= 4 is 16.7 Å². The molecule has 0 radical (unpaired) electrons. The summed E-state index contributed by atoms with van der Waals surface area (Å²) in [6.45, 7) is 0. The van der Waals surface area contributed by atoms with Gasteiger partial charge in [-0.15, -0.1) is 0 Å². The zero-order valence-corrected chi connectivity index (χ0v) is 12.4. The van der Waals surface area contributed by atoms with E-state index in [2.05, 4.69) is 4.98 Å². The Morgan fingerprint density at radius 2 is 1.52 bits per heavy atom. The number of carbonyl (C=O) groups excluding carboxylic acids is 1. The predicted molar refractivity (Wildman–Crippen MR) is 90.9 cm³/mol. The first-order chi connectivity index (χ1) is 11.3. The molecule has 0 aliphatic heterocycles. The highest BCUT2D eigenvalue weighted by atomic mass is 16.1. The van der Waals surface area contributed by atoms with Gasteiger partial charge in [-0.25, -0.2) is 0 Å². The highest BCUT2D eigenvalue weighted by molar-refractivity contribution is 6.11. The summed E-state index contributed by atoms with van der Waals surface area (Å²) >= 11 is 0. The minimum atomic E-state index is -0.00699. The normalized spacial score (nSPS) is 10.8. The molecule has 2 aromatic carbocycles. The van der Waals surface area contributed by atoms with Crippen LogP contribution in [0.5, 0.6) is 0 Å². The number of fused-ring (bicyclic) bond motifs is 1. The third-order valence-electron chi connectivity index (χ3n) is 3.90. The van der Waals surface area contributed by atoms with Gasteiger partial charge in [0.1, 0.15) is 0 Å². The Hall–Kier alpha value is -3.20. The zero-order chi connectivity index (χ0) is 15.6. The molecule has 2 heterocycles. The van der Waals surface area contributed by atoms with E-state index < -0.39 is 0 Å². The molecule has 0 unspecified atom stereocenters. The maximum Gasteiger partial charge on any atom is 0.209 e. The number of hydrogen-bond acceptors (Lipinski definition) is 2. The van der Waals surface area contributed by atoms with Crippen molar-refractivity contribution in [3.05, 3.63) is 96.4 Å². The molecule has 0 N–H and O–H groups in total. The second-order valence-electron chi connectivity index (χ2n) is 5.32. The standard InChI is InChI=1S/C20H14N2O/c23-20(15-10-12-21-13-11-15)19-14-16-6-4-5-9-18(16)22(19)17-7-2-1-3-8-17/h1-14H. The van der Waals surface area contributed by atoms with Gasteiger partial charge < -0.3 is 4.57 Å². The minimum absolute atomic E-state index is 0.00699. The van der Waals surface area contributed by atoms with Gasteiger partial charge in [-0.05, 0) is 36.4 Å². The first kappa shape index (κ1) is 13.5. The molecule has 0 aliphatic rings. The maximum absolute atomic E-state index is 13.0. The monoisotopic (exact) mass is 298 g/mol. The number of aromatic nitrogens is 2. The van der Waals surface area contributed by atoms with Crippen molar-refractivity contribution in [3.63, 3.8) is 0 Å². The highest BCUT2D eigenvalue weighted by Gasteiger charge is 2.17. The lowest BCUT2D eigenvalue weighted by Crippen LogP contribution is -2.08. The fourth-order valence-corrected chi connectivity index (χ4v) is 2.83. The maximum atomic E-state index is 13.0. The van der Waals surface area contributed by atoms with Crippen molar-refractivity contribution in [2.45, 2.75) is 0 Å². The van der Waals surface area contributed by atoms with Crippen molar-refractivity contribution in [1.82, 2.24) is 9.55 Å². The van der Waals surface area contributed by atoms with E-state index in [1.807, 2.05) is 65.2 Å². The molecule has 4 aromatic rings. The Morgan fingerprint density at radius 1 is 0.826 bits per heavy atom. The Labute approximate surface area is 133 Å². The third kappa shape index (κ3) is 2.32. The summed E-state index contributed by atoms with van der Waals surface area (Å²) in [5.74, 6) is -0.00699. The second kappa shape index (κ2) is 5.54. The average Bonchev–Trinajstić information content (AvgIpc) is 3.02. The van der Waals surface area contributed by atoms with E-state index >= 15 is 0 Å². The highest BCUT2D eigenvalue weighted by Crippen LogP contribution is 2.26. The van der Waals surface area contributed by atoms with E-state index in [0.29, 0.717) is 11.3 Å². The molecule has 2 aromatic heterocycles. The van der Waals surface area contributed by atoms with E-state index in [1.165, 1.54) is 0 Å². The molecular weight excluding hydrogens is 284 g/mol. The lowest BCUT2D eigenvalue weighted by Gasteiger charge is -2.10. The molecular formula is C20H14N2O. The first-order valence-corrected chi connectivity index (χ1v) is 7.45. The topological polar surface area (TPSA) is 34.9 Å². The Bertz CT molecular complexity index is 972. The van der Waals surface area contributed by atoms with Gasteiger partial charge in [0.25, 0.3) is 0 Å². The largest absolute Gasteiger partial charge is 0.306 e. The van der Waals surface area contributed by atoms with Crippen LogP contribution >= 0.6 is 0 Å². The molecule has 3 nitrogen and oxygen atoms in total. The quantitative estimate of drug-likeness (QED) is 0.530. The molecule has 0 atom stereocenters. The Balaban J connectivity index is 1.98. The van der Waals surface area contributed by atoms with Crippen LogP contribution in [0.4, 0.5) is 0 Å². The van der Waals surface area contributed by atoms with Gasteiger partial charge in [-0.3, -0.25) is 9.78 Å². The van der Waals surface area contributed by atoms with Crippen LogP contribution in [0.1, 0.15) is 16.1 Å². The van der Waals surface area contributed by atoms with Crippen LogP contribution in [0.2, 0.25) is 0 Å². The van der Waals surface area contributed by atoms with Crippen LogP contribution in [-0.2, 0) is 0 Å². The molecule has 3 heteroatoms. The lowest BCUT2D eigenvalue weighted by atomic mass is 10.1. The molecule has 4 rings (SSSR count). The molecule has 110 valence electrons. The molecule has 0 bridgehead atoms. The van der Waals surface area contributed by atoms with Crippen LogP contribution in [-0.4, -0.2) is 15.3 Å². The van der Waals surface area contributed by atoms with Gasteiger partial charge in [0.15, 0.2) is 0 Å². The summed E-state index contributed by atoms with van der Waals surface area (Å²) in [4.78, 5) is 16.9. The molecule has 0 amide bonds. The van der Waals surface area contributed by atoms with Gasteiger partial charge in [0.05, 0.1) is 11.2 Å². The third-order valence-corrected chi connectivity index (χ3v) is 3.90. The number of rotatable bonds is 3. The van der Waals surface area contributed by atoms with Crippen LogP contribution in [0, 0.1) is 0 Å². The number of ketones is 1. The minimum Gasteiger partial charge on any atom is -0.306 e. The molecule has 0 saturated carbocycles. The van der Waals surface area contributed by atoms with E-state index in [1.54, 1.807) is 24.5 Å². The van der Waals surface area contributed by atoms with Crippen molar-refractivity contribution in [3.8, 4) is 5.69 Å². The zero-order valence-electron chi connectivity index (χ0n) is 12.4. The van der Waals surface area contributed by atoms with Crippen molar-refractivity contribution in [2.75, 3.05) is 0 Å². The Morgan fingerprint density at radius 3 is 2.30 bits per heavy atom. The number of benzene rings is 2. The summed E-state index contributed by atoms with van der Waals surface area (Å²) in [5.41, 5.74) is 3.30. The van der Waals surface area contributed by atoms with E-state index in [0.717, 1.165) is 16.6 Å². The molecule has 0 saturated heterocycles. The van der Waals surface area contributed by atoms with Crippen LogP contribution in [0.15, 0.2) is 85.2 Å². The van der Waals surface area contributed by atoms with Gasteiger partial charge in [0.2, 0.25) is 5.78 Å². The first-order valence-electron chi connectivity index (χ1n) is 7.45. The van der Waals surface area contributed by atoms with Crippen molar-refractivity contribution in [2.24, 2.45) is 0 Å². The van der Waals surface area contributed by atoms with Gasteiger partial charge in [-0.2, -0.15) is 0 Å².